The average molecular weight is 241 g/mol. The van der Waals surface area contributed by atoms with Crippen LogP contribution in [0.3, 0.4) is 0 Å². The Bertz CT molecular complexity index is 650. The summed E-state index contributed by atoms with van der Waals surface area (Å²) in [6, 6.07) is 7.36. The van der Waals surface area contributed by atoms with Crippen molar-refractivity contribution >= 4 is 22.7 Å². The molecule has 0 atom stereocenters. The lowest BCUT2D eigenvalue weighted by molar-refractivity contribution is -0.126. The third-order valence-corrected chi connectivity index (χ3v) is 3.44. The molecule has 0 radical (unpaired) electrons. The highest BCUT2D eigenvalue weighted by molar-refractivity contribution is 5.98. The highest BCUT2D eigenvalue weighted by atomic mass is 16.3. The molecule has 0 saturated heterocycles. The number of nitriles is 1. The number of fused-ring (bicyclic) bond motifs is 1. The van der Waals surface area contributed by atoms with Gasteiger partial charge in [-0.1, -0.05) is 0 Å². The first-order chi connectivity index (χ1) is 8.73. The van der Waals surface area contributed by atoms with Crippen LogP contribution in [0.25, 0.3) is 11.1 Å². The molecule has 1 aromatic carbocycles. The molecule has 5 heteroatoms. The zero-order valence-corrected chi connectivity index (χ0v) is 9.64. The number of amides is 1. The molecule has 90 valence electrons. The van der Waals surface area contributed by atoms with Gasteiger partial charge in [-0.05, 0) is 31.4 Å². The van der Waals surface area contributed by atoms with Gasteiger partial charge < -0.3 is 9.73 Å². The molecule has 1 heterocycles. The quantitative estimate of drug-likeness (QED) is 0.875. The molecule has 1 aliphatic carbocycles. The molecule has 2 aromatic rings. The third-order valence-electron chi connectivity index (χ3n) is 3.44. The monoisotopic (exact) mass is 241 g/mol. The third kappa shape index (κ3) is 1.54. The first-order valence-corrected chi connectivity index (χ1v) is 5.79. The van der Waals surface area contributed by atoms with E-state index in [9.17, 15) is 4.79 Å². The van der Waals surface area contributed by atoms with E-state index in [2.05, 4.69) is 16.4 Å². The van der Waals surface area contributed by atoms with Crippen LogP contribution in [-0.4, -0.2) is 10.9 Å². The maximum atomic E-state index is 12.0. The van der Waals surface area contributed by atoms with E-state index in [0.29, 0.717) is 24.1 Å². The number of carbonyl (C=O) groups is 1. The smallest absolute Gasteiger partial charge is 0.244 e. The lowest BCUT2D eigenvalue weighted by atomic mass is 9.69. The summed E-state index contributed by atoms with van der Waals surface area (Å²) in [6.07, 6.45) is 3.57. The predicted octanol–water partition coefficient (Wildman–Crippen LogP) is 2.46. The molecule has 1 amide bonds. The van der Waals surface area contributed by atoms with Crippen LogP contribution in [0.15, 0.2) is 29.0 Å². The van der Waals surface area contributed by atoms with E-state index in [0.717, 1.165) is 11.9 Å². The molecular weight excluding hydrogens is 230 g/mol. The van der Waals surface area contributed by atoms with E-state index >= 15 is 0 Å². The van der Waals surface area contributed by atoms with Crippen LogP contribution in [0.2, 0.25) is 0 Å². The number of aromatic nitrogens is 1. The Morgan fingerprint density at radius 1 is 1.50 bits per heavy atom. The van der Waals surface area contributed by atoms with Gasteiger partial charge in [0.1, 0.15) is 10.9 Å². The van der Waals surface area contributed by atoms with Gasteiger partial charge in [-0.25, -0.2) is 4.98 Å². The summed E-state index contributed by atoms with van der Waals surface area (Å²) in [6.45, 7) is 0. The largest absolute Gasteiger partial charge is 0.443 e. The first kappa shape index (κ1) is 10.8. The van der Waals surface area contributed by atoms with Crippen LogP contribution < -0.4 is 5.32 Å². The van der Waals surface area contributed by atoms with E-state index in [-0.39, 0.29) is 5.91 Å². The second-order valence-electron chi connectivity index (χ2n) is 4.54. The van der Waals surface area contributed by atoms with Crippen LogP contribution in [0.5, 0.6) is 0 Å². The molecular formula is C13H11N3O2. The molecule has 1 N–H and O–H groups in total. The van der Waals surface area contributed by atoms with Crippen LogP contribution in [0.4, 0.5) is 5.69 Å². The fraction of sp³-hybridized carbons (Fsp3) is 0.308. The van der Waals surface area contributed by atoms with Crippen LogP contribution in [0, 0.1) is 16.7 Å². The number of carbonyl (C=O) groups excluding carboxylic acids is 1. The van der Waals surface area contributed by atoms with E-state index in [4.69, 9.17) is 9.68 Å². The number of hydrogen-bond donors (Lipinski definition) is 1. The van der Waals surface area contributed by atoms with E-state index in [1.165, 1.54) is 6.39 Å². The highest BCUT2D eigenvalue weighted by Crippen LogP contribution is 2.41. The van der Waals surface area contributed by atoms with Crippen LogP contribution in [0.1, 0.15) is 19.3 Å². The molecule has 1 saturated carbocycles. The van der Waals surface area contributed by atoms with Gasteiger partial charge >= 0.3 is 0 Å². The van der Waals surface area contributed by atoms with E-state index in [1.54, 1.807) is 18.2 Å². The molecule has 1 aromatic heterocycles. The molecule has 0 spiro atoms. The minimum Gasteiger partial charge on any atom is -0.443 e. The minimum atomic E-state index is -0.837. The summed E-state index contributed by atoms with van der Waals surface area (Å²) >= 11 is 0. The Morgan fingerprint density at radius 3 is 3.00 bits per heavy atom. The van der Waals surface area contributed by atoms with Gasteiger partial charge in [-0.15, -0.1) is 0 Å². The van der Waals surface area contributed by atoms with Crippen LogP contribution >= 0.6 is 0 Å². The molecule has 3 rings (SSSR count). The van der Waals surface area contributed by atoms with E-state index < -0.39 is 5.41 Å². The molecule has 5 nitrogen and oxygen atoms in total. The number of nitrogens with zero attached hydrogens (tertiary/aromatic N) is 2. The average Bonchev–Trinajstić information content (AvgIpc) is 2.75. The van der Waals surface area contributed by atoms with Crippen molar-refractivity contribution in [2.45, 2.75) is 19.3 Å². The molecule has 0 aliphatic heterocycles. The lowest BCUT2D eigenvalue weighted by Crippen LogP contribution is -2.40. The van der Waals surface area contributed by atoms with Crippen molar-refractivity contribution in [3.05, 3.63) is 24.6 Å². The zero-order chi connectivity index (χ0) is 12.6. The lowest BCUT2D eigenvalue weighted by Gasteiger charge is -2.33. The van der Waals surface area contributed by atoms with Gasteiger partial charge in [-0.2, -0.15) is 5.26 Å². The summed E-state index contributed by atoms with van der Waals surface area (Å²) in [5.74, 6) is -0.227. The Labute approximate surface area is 103 Å². The van der Waals surface area contributed by atoms with Gasteiger partial charge in [0, 0.05) is 11.8 Å². The number of nitrogens with one attached hydrogen (secondary N) is 1. The molecule has 1 fully saturated rings. The van der Waals surface area contributed by atoms with Gasteiger partial charge in [0.2, 0.25) is 5.91 Å². The topological polar surface area (TPSA) is 78.9 Å². The Hall–Kier alpha value is -2.35. The first-order valence-electron chi connectivity index (χ1n) is 5.79. The summed E-state index contributed by atoms with van der Waals surface area (Å²) in [5.41, 5.74) is 1.15. The second kappa shape index (κ2) is 3.84. The van der Waals surface area contributed by atoms with Crippen molar-refractivity contribution in [3.8, 4) is 6.07 Å². The summed E-state index contributed by atoms with van der Waals surface area (Å²) < 4.78 is 5.16. The van der Waals surface area contributed by atoms with Gasteiger partial charge in [0.15, 0.2) is 12.0 Å². The van der Waals surface area contributed by atoms with Gasteiger partial charge in [0.25, 0.3) is 0 Å². The van der Waals surface area contributed by atoms with Crippen molar-refractivity contribution in [2.75, 3.05) is 5.32 Å². The molecule has 18 heavy (non-hydrogen) atoms. The zero-order valence-electron chi connectivity index (χ0n) is 9.64. The van der Waals surface area contributed by atoms with Gasteiger partial charge in [0.05, 0.1) is 6.07 Å². The molecule has 0 bridgehead atoms. The van der Waals surface area contributed by atoms with Crippen molar-refractivity contribution in [1.29, 1.82) is 5.26 Å². The number of anilines is 1. The Morgan fingerprint density at radius 2 is 2.33 bits per heavy atom. The van der Waals surface area contributed by atoms with Crippen molar-refractivity contribution < 1.29 is 9.21 Å². The summed E-state index contributed by atoms with van der Waals surface area (Å²) in [7, 11) is 0. The van der Waals surface area contributed by atoms with E-state index in [1.807, 2.05) is 0 Å². The Kier molecular flexibility index (Phi) is 2.30. The number of oxazole rings is 1. The van der Waals surface area contributed by atoms with Crippen molar-refractivity contribution in [3.63, 3.8) is 0 Å². The number of hydrogen-bond acceptors (Lipinski definition) is 4. The Balaban J connectivity index is 1.84. The van der Waals surface area contributed by atoms with Crippen molar-refractivity contribution in [2.24, 2.45) is 5.41 Å². The maximum Gasteiger partial charge on any atom is 0.244 e. The minimum absolute atomic E-state index is 0.227. The highest BCUT2D eigenvalue weighted by Gasteiger charge is 2.44. The fourth-order valence-corrected chi connectivity index (χ4v) is 2.10. The number of benzene rings is 1. The van der Waals surface area contributed by atoms with Crippen molar-refractivity contribution in [1.82, 2.24) is 4.98 Å². The molecule has 1 aliphatic rings. The maximum absolute atomic E-state index is 12.0. The molecule has 0 unspecified atom stereocenters. The SMILES string of the molecule is N#CC1(C(=O)Nc2ccc3ncoc3c2)CCC1. The second-order valence-corrected chi connectivity index (χ2v) is 4.54. The summed E-state index contributed by atoms with van der Waals surface area (Å²) in [5, 5.41) is 11.9. The fourth-order valence-electron chi connectivity index (χ4n) is 2.10. The number of rotatable bonds is 2. The normalized spacial score (nSPS) is 16.8. The predicted molar refractivity (Wildman–Crippen MR) is 64.5 cm³/mol. The van der Waals surface area contributed by atoms with Gasteiger partial charge in [-0.3, -0.25) is 4.79 Å². The standard InChI is InChI=1S/C13H11N3O2/c14-7-13(4-1-5-13)12(17)16-9-2-3-10-11(6-9)18-8-15-10/h2-3,6,8H,1,4-5H2,(H,16,17). The van der Waals surface area contributed by atoms with Crippen LogP contribution in [-0.2, 0) is 4.79 Å². The summed E-state index contributed by atoms with van der Waals surface area (Å²) in [4.78, 5) is 16.0.